The molecular weight excluding hydrogens is 168 g/mol. The van der Waals surface area contributed by atoms with Crippen molar-refractivity contribution in [2.24, 2.45) is 5.16 Å². The minimum Gasteiger partial charge on any atom is -0.409 e. The van der Waals surface area contributed by atoms with Crippen molar-refractivity contribution in [1.82, 2.24) is 5.06 Å². The zero-order chi connectivity index (χ0) is 8.84. The lowest BCUT2D eigenvalue weighted by atomic mass is 10.0. The number of hydrogen-bond acceptors (Lipinski definition) is 3. The van der Waals surface area contributed by atoms with Crippen LogP contribution < -0.4 is 0 Å². The SMILES string of the molecule is O/N=C1\c2ccccc2CC2ON12. The minimum atomic E-state index is 0.0841. The van der Waals surface area contributed by atoms with Gasteiger partial charge in [-0.05, 0) is 5.56 Å². The van der Waals surface area contributed by atoms with Gasteiger partial charge in [-0.3, -0.25) is 0 Å². The van der Waals surface area contributed by atoms with Crippen LogP contribution in [0.2, 0.25) is 0 Å². The highest BCUT2D eigenvalue weighted by Gasteiger charge is 2.45. The lowest BCUT2D eigenvalue weighted by molar-refractivity contribution is 0.259. The van der Waals surface area contributed by atoms with Gasteiger partial charge in [0, 0.05) is 12.0 Å². The second kappa shape index (κ2) is 2.23. The van der Waals surface area contributed by atoms with Crippen LogP contribution >= 0.6 is 0 Å². The Bertz CT molecular complexity index is 389. The van der Waals surface area contributed by atoms with Gasteiger partial charge in [0.2, 0.25) is 5.84 Å². The predicted octanol–water partition coefficient (Wildman–Crippen LogP) is 0.952. The van der Waals surface area contributed by atoms with Crippen LogP contribution in [0.5, 0.6) is 0 Å². The van der Waals surface area contributed by atoms with Crippen molar-refractivity contribution in [3.05, 3.63) is 35.4 Å². The first-order valence-corrected chi connectivity index (χ1v) is 4.16. The van der Waals surface area contributed by atoms with Crippen molar-refractivity contribution in [2.45, 2.75) is 12.6 Å². The monoisotopic (exact) mass is 176 g/mol. The van der Waals surface area contributed by atoms with Crippen LogP contribution in [0.15, 0.2) is 29.4 Å². The number of hydrogen-bond donors (Lipinski definition) is 1. The summed E-state index contributed by atoms with van der Waals surface area (Å²) in [6.07, 6.45) is 0.954. The number of oxime groups is 1. The molecule has 4 heteroatoms. The first-order chi connectivity index (χ1) is 6.40. The average molecular weight is 176 g/mol. The molecule has 1 unspecified atom stereocenters. The molecule has 3 rings (SSSR count). The summed E-state index contributed by atoms with van der Waals surface area (Å²) in [7, 11) is 0. The number of hydroxylamine groups is 2. The highest BCUT2D eigenvalue weighted by molar-refractivity contribution is 6.01. The summed E-state index contributed by atoms with van der Waals surface area (Å²) in [4.78, 5) is 5.21. The fourth-order valence-electron chi connectivity index (χ4n) is 1.73. The number of fused-ring (bicyclic) bond motifs is 2. The number of rotatable bonds is 0. The fourth-order valence-corrected chi connectivity index (χ4v) is 1.73. The molecule has 1 N–H and O–H groups in total. The molecule has 66 valence electrons. The molecule has 0 aromatic heterocycles. The third-order valence-corrected chi connectivity index (χ3v) is 2.41. The van der Waals surface area contributed by atoms with E-state index < -0.39 is 0 Å². The van der Waals surface area contributed by atoms with Gasteiger partial charge in [-0.25, -0.2) is 4.84 Å². The Balaban J connectivity index is 2.17. The predicted molar refractivity (Wildman–Crippen MR) is 45.2 cm³/mol. The second-order valence-corrected chi connectivity index (χ2v) is 3.17. The van der Waals surface area contributed by atoms with Crippen LogP contribution in [0.3, 0.4) is 0 Å². The molecule has 1 saturated heterocycles. The van der Waals surface area contributed by atoms with Gasteiger partial charge in [-0.1, -0.05) is 29.4 Å². The van der Waals surface area contributed by atoms with Crippen molar-refractivity contribution >= 4 is 5.84 Å². The van der Waals surface area contributed by atoms with Crippen LogP contribution in [-0.2, 0) is 11.3 Å². The number of amidine groups is 1. The average Bonchev–Trinajstić information content (AvgIpc) is 2.92. The molecule has 0 spiro atoms. The first-order valence-electron chi connectivity index (χ1n) is 4.16. The van der Waals surface area contributed by atoms with E-state index in [2.05, 4.69) is 5.16 Å². The summed E-state index contributed by atoms with van der Waals surface area (Å²) >= 11 is 0. The lowest BCUT2D eigenvalue weighted by Crippen LogP contribution is -2.23. The molecule has 13 heavy (non-hydrogen) atoms. The molecule has 1 aromatic carbocycles. The Morgan fingerprint density at radius 3 is 3.15 bits per heavy atom. The largest absolute Gasteiger partial charge is 0.409 e. The lowest BCUT2D eigenvalue weighted by Gasteiger charge is -2.13. The van der Waals surface area contributed by atoms with E-state index in [-0.39, 0.29) is 6.23 Å². The van der Waals surface area contributed by atoms with Crippen molar-refractivity contribution < 1.29 is 10.0 Å². The molecule has 2 aliphatic rings. The molecule has 1 fully saturated rings. The summed E-state index contributed by atoms with van der Waals surface area (Å²) < 4.78 is 0. The summed E-state index contributed by atoms with van der Waals surface area (Å²) in [6.45, 7) is 0. The van der Waals surface area contributed by atoms with Crippen LogP contribution in [-0.4, -0.2) is 22.3 Å². The van der Waals surface area contributed by atoms with E-state index in [1.165, 1.54) is 5.56 Å². The maximum Gasteiger partial charge on any atom is 0.201 e. The van der Waals surface area contributed by atoms with Crippen LogP contribution in [0, 0.1) is 0 Å². The molecular formula is C9H8N2O2. The number of benzene rings is 1. The topological polar surface area (TPSA) is 48.1 Å². The van der Waals surface area contributed by atoms with Gasteiger partial charge in [0.1, 0.15) is 0 Å². The van der Waals surface area contributed by atoms with Crippen LogP contribution in [0.25, 0.3) is 0 Å². The molecule has 2 heterocycles. The van der Waals surface area contributed by atoms with Gasteiger partial charge in [0.05, 0.1) is 0 Å². The van der Waals surface area contributed by atoms with Gasteiger partial charge in [0.15, 0.2) is 6.23 Å². The maximum atomic E-state index is 8.80. The molecule has 0 amide bonds. The van der Waals surface area contributed by atoms with E-state index in [0.29, 0.717) is 5.84 Å². The molecule has 1 aromatic rings. The molecule has 0 saturated carbocycles. The third-order valence-electron chi connectivity index (χ3n) is 2.41. The van der Waals surface area contributed by atoms with E-state index >= 15 is 0 Å². The molecule has 0 bridgehead atoms. The number of nitrogens with zero attached hydrogens (tertiary/aromatic N) is 2. The van der Waals surface area contributed by atoms with Gasteiger partial charge < -0.3 is 5.21 Å². The van der Waals surface area contributed by atoms with Gasteiger partial charge in [-0.15, -0.1) is 0 Å². The standard InChI is InChI=1S/C9H8N2O2/c12-10-9-7-4-2-1-3-6(7)5-8-11(9)13-8/h1-4,8,12H,5H2/b10-9+. The zero-order valence-corrected chi connectivity index (χ0v) is 6.84. The Morgan fingerprint density at radius 1 is 1.46 bits per heavy atom. The molecule has 0 aliphatic carbocycles. The van der Waals surface area contributed by atoms with Gasteiger partial charge in [-0.2, -0.15) is 5.06 Å². The Hall–Kier alpha value is -1.55. The summed E-state index contributed by atoms with van der Waals surface area (Å²) in [5.41, 5.74) is 2.13. The Kier molecular flexibility index (Phi) is 1.19. The van der Waals surface area contributed by atoms with Crippen LogP contribution in [0.1, 0.15) is 11.1 Å². The van der Waals surface area contributed by atoms with E-state index in [0.717, 1.165) is 12.0 Å². The highest BCUT2D eigenvalue weighted by atomic mass is 16.8. The van der Waals surface area contributed by atoms with Crippen molar-refractivity contribution in [1.29, 1.82) is 0 Å². The summed E-state index contributed by atoms with van der Waals surface area (Å²) in [5, 5.41) is 13.7. The quantitative estimate of drug-likeness (QED) is 0.363. The second-order valence-electron chi connectivity index (χ2n) is 3.17. The van der Waals surface area contributed by atoms with E-state index in [1.54, 1.807) is 5.06 Å². The molecule has 2 aliphatic heterocycles. The first kappa shape index (κ1) is 6.91. The molecule has 4 nitrogen and oxygen atoms in total. The highest BCUT2D eigenvalue weighted by Crippen LogP contribution is 2.33. The fraction of sp³-hybridized carbons (Fsp3) is 0.222. The van der Waals surface area contributed by atoms with E-state index in [1.807, 2.05) is 24.3 Å². The Morgan fingerprint density at radius 2 is 2.31 bits per heavy atom. The summed E-state index contributed by atoms with van der Waals surface area (Å²) in [6, 6.07) is 7.86. The van der Waals surface area contributed by atoms with Gasteiger partial charge >= 0.3 is 0 Å². The third kappa shape index (κ3) is 0.860. The van der Waals surface area contributed by atoms with Crippen molar-refractivity contribution in [3.8, 4) is 0 Å². The minimum absolute atomic E-state index is 0.0841. The van der Waals surface area contributed by atoms with Crippen LogP contribution in [0.4, 0.5) is 0 Å². The van der Waals surface area contributed by atoms with Crippen molar-refractivity contribution in [3.63, 3.8) is 0 Å². The van der Waals surface area contributed by atoms with E-state index in [4.69, 9.17) is 10.0 Å². The normalized spacial score (nSPS) is 26.9. The maximum absolute atomic E-state index is 8.80. The summed E-state index contributed by atoms with van der Waals surface area (Å²) in [5.74, 6) is 0.520. The van der Waals surface area contributed by atoms with Gasteiger partial charge in [0.25, 0.3) is 0 Å². The van der Waals surface area contributed by atoms with E-state index in [9.17, 15) is 0 Å². The Labute approximate surface area is 75.0 Å². The molecule has 0 radical (unpaired) electrons. The molecule has 1 atom stereocenters. The zero-order valence-electron chi connectivity index (χ0n) is 6.84. The van der Waals surface area contributed by atoms with Crippen molar-refractivity contribution in [2.75, 3.05) is 0 Å². The smallest absolute Gasteiger partial charge is 0.201 e.